The highest BCUT2D eigenvalue weighted by Crippen LogP contribution is 2.21. The molecule has 2 atom stereocenters. The molecule has 0 aromatic carbocycles. The molecule has 1 rings (SSSR count). The van der Waals surface area contributed by atoms with Crippen LogP contribution in [0.2, 0.25) is 0 Å². The predicted octanol–water partition coefficient (Wildman–Crippen LogP) is 1.63. The van der Waals surface area contributed by atoms with Crippen LogP contribution in [0.5, 0.6) is 0 Å². The molecule has 108 valence electrons. The largest absolute Gasteiger partial charge is 0.380 e. The SMILES string of the molecule is CCOCCN(CCOCC)C1CCCC(N)C1. The Labute approximate surface area is 112 Å². The highest BCUT2D eigenvalue weighted by atomic mass is 16.5. The molecule has 0 spiro atoms. The summed E-state index contributed by atoms with van der Waals surface area (Å²) in [6.45, 7) is 9.30. The Bertz CT molecular complexity index is 192. The number of nitrogens with zero attached hydrogens (tertiary/aromatic N) is 1. The highest BCUT2D eigenvalue weighted by Gasteiger charge is 2.24. The zero-order chi connectivity index (χ0) is 13.2. The van der Waals surface area contributed by atoms with Gasteiger partial charge in [0.1, 0.15) is 0 Å². The Kier molecular flexibility index (Phi) is 8.59. The maximum absolute atomic E-state index is 6.08. The van der Waals surface area contributed by atoms with Gasteiger partial charge in [0.2, 0.25) is 0 Å². The van der Waals surface area contributed by atoms with Crippen molar-refractivity contribution in [3.8, 4) is 0 Å². The average Bonchev–Trinajstić information content (AvgIpc) is 2.37. The maximum atomic E-state index is 6.08. The smallest absolute Gasteiger partial charge is 0.0593 e. The van der Waals surface area contributed by atoms with Crippen molar-refractivity contribution in [2.75, 3.05) is 39.5 Å². The summed E-state index contributed by atoms with van der Waals surface area (Å²) in [7, 11) is 0. The Morgan fingerprint density at radius 3 is 2.17 bits per heavy atom. The second-order valence-electron chi connectivity index (χ2n) is 5.01. The first-order valence-corrected chi connectivity index (χ1v) is 7.43. The monoisotopic (exact) mass is 258 g/mol. The number of nitrogens with two attached hydrogens (primary N) is 1. The quantitative estimate of drug-likeness (QED) is 0.639. The fourth-order valence-corrected chi connectivity index (χ4v) is 2.66. The van der Waals surface area contributed by atoms with E-state index in [1.54, 1.807) is 0 Å². The predicted molar refractivity (Wildman–Crippen MR) is 74.8 cm³/mol. The van der Waals surface area contributed by atoms with Gasteiger partial charge in [0.25, 0.3) is 0 Å². The normalized spacial score (nSPS) is 24.7. The van der Waals surface area contributed by atoms with Crippen molar-refractivity contribution >= 4 is 0 Å². The molecule has 1 aliphatic rings. The van der Waals surface area contributed by atoms with Gasteiger partial charge in [0.15, 0.2) is 0 Å². The molecule has 0 aromatic rings. The molecule has 1 saturated carbocycles. The van der Waals surface area contributed by atoms with E-state index in [1.165, 1.54) is 19.3 Å². The molecule has 1 fully saturated rings. The minimum Gasteiger partial charge on any atom is -0.380 e. The minimum absolute atomic E-state index is 0.380. The highest BCUT2D eigenvalue weighted by molar-refractivity contribution is 4.82. The minimum atomic E-state index is 0.380. The fourth-order valence-electron chi connectivity index (χ4n) is 2.66. The number of hydrogen-bond acceptors (Lipinski definition) is 4. The van der Waals surface area contributed by atoms with Gasteiger partial charge in [-0.3, -0.25) is 4.90 Å². The van der Waals surface area contributed by atoms with Gasteiger partial charge < -0.3 is 15.2 Å². The molecule has 0 heterocycles. The van der Waals surface area contributed by atoms with E-state index in [2.05, 4.69) is 4.90 Å². The van der Waals surface area contributed by atoms with Crippen molar-refractivity contribution in [2.45, 2.75) is 51.6 Å². The van der Waals surface area contributed by atoms with Crippen molar-refractivity contribution in [1.29, 1.82) is 0 Å². The molecule has 0 aliphatic heterocycles. The fraction of sp³-hybridized carbons (Fsp3) is 1.00. The third-order valence-electron chi connectivity index (χ3n) is 3.66. The van der Waals surface area contributed by atoms with Crippen LogP contribution in [0.15, 0.2) is 0 Å². The molecule has 0 bridgehead atoms. The molecule has 4 nitrogen and oxygen atoms in total. The Morgan fingerprint density at radius 1 is 1.06 bits per heavy atom. The van der Waals surface area contributed by atoms with Gasteiger partial charge in [-0.1, -0.05) is 6.42 Å². The molecule has 2 N–H and O–H groups in total. The second-order valence-corrected chi connectivity index (χ2v) is 5.01. The van der Waals surface area contributed by atoms with E-state index in [9.17, 15) is 0 Å². The lowest BCUT2D eigenvalue weighted by Gasteiger charge is -2.36. The van der Waals surface area contributed by atoms with Crippen LogP contribution in [0.4, 0.5) is 0 Å². The van der Waals surface area contributed by atoms with Gasteiger partial charge in [-0.15, -0.1) is 0 Å². The Balaban J connectivity index is 2.35. The molecule has 0 saturated heterocycles. The summed E-state index contributed by atoms with van der Waals surface area (Å²) in [5, 5.41) is 0. The van der Waals surface area contributed by atoms with Gasteiger partial charge in [0, 0.05) is 38.4 Å². The first-order valence-electron chi connectivity index (χ1n) is 7.43. The lowest BCUT2D eigenvalue weighted by molar-refractivity contribution is 0.0508. The summed E-state index contributed by atoms with van der Waals surface area (Å²) >= 11 is 0. The van der Waals surface area contributed by atoms with Gasteiger partial charge in [0.05, 0.1) is 13.2 Å². The van der Waals surface area contributed by atoms with Crippen molar-refractivity contribution in [2.24, 2.45) is 5.73 Å². The molecule has 0 radical (unpaired) electrons. The van der Waals surface area contributed by atoms with Crippen LogP contribution in [0, 0.1) is 0 Å². The van der Waals surface area contributed by atoms with Gasteiger partial charge in [-0.2, -0.15) is 0 Å². The van der Waals surface area contributed by atoms with Crippen molar-refractivity contribution in [3.05, 3.63) is 0 Å². The van der Waals surface area contributed by atoms with Crippen LogP contribution in [0.3, 0.4) is 0 Å². The van der Waals surface area contributed by atoms with Crippen LogP contribution in [0.1, 0.15) is 39.5 Å². The summed E-state index contributed by atoms with van der Waals surface area (Å²) in [5.41, 5.74) is 6.08. The van der Waals surface area contributed by atoms with Crippen molar-refractivity contribution in [1.82, 2.24) is 4.90 Å². The zero-order valence-corrected chi connectivity index (χ0v) is 12.1. The van der Waals surface area contributed by atoms with E-state index < -0.39 is 0 Å². The Morgan fingerprint density at radius 2 is 1.67 bits per heavy atom. The average molecular weight is 258 g/mol. The van der Waals surface area contributed by atoms with Gasteiger partial charge in [-0.25, -0.2) is 0 Å². The molecule has 0 amide bonds. The third kappa shape index (κ3) is 6.14. The summed E-state index contributed by atoms with van der Waals surface area (Å²) in [6, 6.07) is 1.00. The summed E-state index contributed by atoms with van der Waals surface area (Å²) in [6.07, 6.45) is 4.83. The molecule has 4 heteroatoms. The third-order valence-corrected chi connectivity index (χ3v) is 3.66. The molecule has 18 heavy (non-hydrogen) atoms. The van der Waals surface area contributed by atoms with E-state index in [0.29, 0.717) is 12.1 Å². The summed E-state index contributed by atoms with van der Waals surface area (Å²) in [4.78, 5) is 2.50. The molecular weight excluding hydrogens is 228 g/mol. The Hall–Kier alpha value is -0.160. The maximum Gasteiger partial charge on any atom is 0.0593 e. The van der Waals surface area contributed by atoms with E-state index in [1.807, 2.05) is 13.8 Å². The zero-order valence-electron chi connectivity index (χ0n) is 12.1. The lowest BCUT2D eigenvalue weighted by atomic mass is 9.90. The number of rotatable bonds is 9. The first-order chi connectivity index (χ1) is 8.77. The first kappa shape index (κ1) is 15.9. The van der Waals surface area contributed by atoms with Crippen LogP contribution in [-0.4, -0.2) is 56.5 Å². The van der Waals surface area contributed by atoms with Gasteiger partial charge in [-0.05, 0) is 33.1 Å². The summed E-state index contributed by atoms with van der Waals surface area (Å²) in [5.74, 6) is 0. The van der Waals surface area contributed by atoms with Gasteiger partial charge >= 0.3 is 0 Å². The second kappa shape index (κ2) is 9.73. The van der Waals surface area contributed by atoms with Crippen LogP contribution in [-0.2, 0) is 9.47 Å². The lowest BCUT2D eigenvalue weighted by Crippen LogP contribution is -2.45. The van der Waals surface area contributed by atoms with Crippen molar-refractivity contribution in [3.63, 3.8) is 0 Å². The van der Waals surface area contributed by atoms with E-state index in [0.717, 1.165) is 45.9 Å². The van der Waals surface area contributed by atoms with Crippen LogP contribution < -0.4 is 5.73 Å². The topological polar surface area (TPSA) is 47.7 Å². The molecule has 1 aliphatic carbocycles. The van der Waals surface area contributed by atoms with Crippen molar-refractivity contribution < 1.29 is 9.47 Å². The van der Waals surface area contributed by atoms with Crippen LogP contribution >= 0.6 is 0 Å². The standard InChI is InChI=1S/C14H30N2O2/c1-3-17-10-8-16(9-11-18-4-2)14-7-5-6-13(15)12-14/h13-14H,3-12,15H2,1-2H3. The number of hydrogen-bond donors (Lipinski definition) is 1. The molecule has 2 unspecified atom stereocenters. The van der Waals surface area contributed by atoms with Crippen LogP contribution in [0.25, 0.3) is 0 Å². The van der Waals surface area contributed by atoms with E-state index in [-0.39, 0.29) is 0 Å². The van der Waals surface area contributed by atoms with E-state index >= 15 is 0 Å². The van der Waals surface area contributed by atoms with E-state index in [4.69, 9.17) is 15.2 Å². The molecule has 0 aromatic heterocycles. The molecular formula is C14H30N2O2. The summed E-state index contributed by atoms with van der Waals surface area (Å²) < 4.78 is 10.9. The number of ether oxygens (including phenoxy) is 2.